The molecule has 2 rings (SSSR count). The number of hydrogen-bond donors (Lipinski definition) is 2. The molecule has 0 aromatic heterocycles. The number of amides is 1. The van der Waals surface area contributed by atoms with Crippen molar-refractivity contribution in [3.05, 3.63) is 34.9 Å². The van der Waals surface area contributed by atoms with Crippen LogP contribution in [0.2, 0.25) is 5.02 Å². The van der Waals surface area contributed by atoms with Crippen molar-refractivity contribution in [3.63, 3.8) is 0 Å². The number of halogens is 1. The van der Waals surface area contributed by atoms with E-state index in [0.717, 1.165) is 5.56 Å². The standard InChI is InChI=1S/C14H19ClN2O/c1-9(11-3-2-4-12(15)7-11)14(18)17-13(8-16)10-5-6-10/h2-4,7,9-10,13H,5-6,8,16H2,1H3,(H,17,18). The number of nitrogens with two attached hydrogens (primary N) is 1. The highest BCUT2D eigenvalue weighted by Gasteiger charge is 2.32. The van der Waals surface area contributed by atoms with Crippen molar-refractivity contribution in [1.29, 1.82) is 0 Å². The van der Waals surface area contributed by atoms with Crippen LogP contribution in [0.5, 0.6) is 0 Å². The van der Waals surface area contributed by atoms with Crippen LogP contribution in [-0.4, -0.2) is 18.5 Å². The zero-order valence-corrected chi connectivity index (χ0v) is 11.3. The Morgan fingerprint density at radius 2 is 2.28 bits per heavy atom. The third-order valence-corrected chi connectivity index (χ3v) is 3.75. The van der Waals surface area contributed by atoms with Gasteiger partial charge >= 0.3 is 0 Å². The van der Waals surface area contributed by atoms with Crippen LogP contribution in [0, 0.1) is 5.92 Å². The predicted molar refractivity (Wildman–Crippen MR) is 73.6 cm³/mol. The fourth-order valence-corrected chi connectivity index (χ4v) is 2.30. The molecule has 0 radical (unpaired) electrons. The van der Waals surface area contributed by atoms with Gasteiger partial charge in [0.2, 0.25) is 5.91 Å². The van der Waals surface area contributed by atoms with Crippen molar-refractivity contribution < 1.29 is 4.79 Å². The van der Waals surface area contributed by atoms with Crippen LogP contribution in [-0.2, 0) is 4.79 Å². The van der Waals surface area contributed by atoms with Gasteiger partial charge in [-0.3, -0.25) is 4.79 Å². The van der Waals surface area contributed by atoms with Gasteiger partial charge in [0.15, 0.2) is 0 Å². The SMILES string of the molecule is CC(C(=O)NC(CN)C1CC1)c1cccc(Cl)c1. The summed E-state index contributed by atoms with van der Waals surface area (Å²) in [5, 5.41) is 3.70. The van der Waals surface area contributed by atoms with Gasteiger partial charge in [0.05, 0.1) is 5.92 Å². The highest BCUT2D eigenvalue weighted by atomic mass is 35.5. The van der Waals surface area contributed by atoms with E-state index in [0.29, 0.717) is 17.5 Å². The first-order valence-electron chi connectivity index (χ1n) is 6.37. The van der Waals surface area contributed by atoms with Crippen molar-refractivity contribution >= 4 is 17.5 Å². The van der Waals surface area contributed by atoms with Crippen LogP contribution in [0.25, 0.3) is 0 Å². The zero-order valence-electron chi connectivity index (χ0n) is 10.5. The summed E-state index contributed by atoms with van der Waals surface area (Å²) in [4.78, 5) is 12.1. The molecule has 0 spiro atoms. The first-order valence-corrected chi connectivity index (χ1v) is 6.75. The number of carbonyl (C=O) groups excluding carboxylic acids is 1. The number of benzene rings is 1. The van der Waals surface area contributed by atoms with Crippen LogP contribution in [0.1, 0.15) is 31.2 Å². The van der Waals surface area contributed by atoms with E-state index in [1.165, 1.54) is 12.8 Å². The van der Waals surface area contributed by atoms with E-state index in [-0.39, 0.29) is 17.9 Å². The summed E-state index contributed by atoms with van der Waals surface area (Å²) in [6.07, 6.45) is 2.35. The van der Waals surface area contributed by atoms with E-state index in [1.54, 1.807) is 0 Å². The topological polar surface area (TPSA) is 55.1 Å². The van der Waals surface area contributed by atoms with Gasteiger partial charge in [-0.25, -0.2) is 0 Å². The van der Waals surface area contributed by atoms with E-state index in [4.69, 9.17) is 17.3 Å². The van der Waals surface area contributed by atoms with E-state index < -0.39 is 0 Å². The molecular weight excluding hydrogens is 248 g/mol. The lowest BCUT2D eigenvalue weighted by atomic mass is 9.99. The van der Waals surface area contributed by atoms with Gasteiger partial charge in [-0.1, -0.05) is 23.7 Å². The van der Waals surface area contributed by atoms with Crippen molar-refractivity contribution in [3.8, 4) is 0 Å². The smallest absolute Gasteiger partial charge is 0.227 e. The molecule has 98 valence electrons. The molecule has 1 aromatic rings. The maximum atomic E-state index is 12.1. The molecule has 3 nitrogen and oxygen atoms in total. The summed E-state index contributed by atoms with van der Waals surface area (Å²) in [5.41, 5.74) is 6.63. The molecule has 1 fully saturated rings. The predicted octanol–water partition coefficient (Wildman–Crippen LogP) is 2.30. The molecule has 2 atom stereocenters. The monoisotopic (exact) mass is 266 g/mol. The largest absolute Gasteiger partial charge is 0.351 e. The molecule has 4 heteroatoms. The summed E-state index contributed by atoms with van der Waals surface area (Å²) in [7, 11) is 0. The van der Waals surface area contributed by atoms with E-state index in [2.05, 4.69) is 5.32 Å². The van der Waals surface area contributed by atoms with Crippen LogP contribution < -0.4 is 11.1 Å². The summed E-state index contributed by atoms with van der Waals surface area (Å²) in [5.74, 6) is 0.404. The average molecular weight is 267 g/mol. The first kappa shape index (κ1) is 13.4. The van der Waals surface area contributed by atoms with Gasteiger partial charge < -0.3 is 11.1 Å². The molecule has 18 heavy (non-hydrogen) atoms. The van der Waals surface area contributed by atoms with Crippen LogP contribution >= 0.6 is 11.6 Å². The second-order valence-electron chi connectivity index (χ2n) is 4.96. The Hall–Kier alpha value is -1.06. The van der Waals surface area contributed by atoms with Gasteiger partial charge in [-0.2, -0.15) is 0 Å². The third kappa shape index (κ3) is 3.24. The lowest BCUT2D eigenvalue weighted by Gasteiger charge is -2.19. The first-order chi connectivity index (χ1) is 8.61. The Kier molecular flexibility index (Phi) is 4.25. The molecule has 2 unspecified atom stereocenters. The molecule has 1 aliphatic carbocycles. The van der Waals surface area contributed by atoms with Gasteiger partial charge in [-0.15, -0.1) is 0 Å². The summed E-state index contributed by atoms with van der Waals surface area (Å²) in [6, 6.07) is 7.55. The summed E-state index contributed by atoms with van der Waals surface area (Å²) >= 11 is 5.94. The van der Waals surface area contributed by atoms with Gasteiger partial charge in [-0.05, 0) is 43.4 Å². The second-order valence-corrected chi connectivity index (χ2v) is 5.40. The minimum Gasteiger partial charge on any atom is -0.351 e. The Balaban J connectivity index is 1.99. The van der Waals surface area contributed by atoms with E-state index in [9.17, 15) is 4.79 Å². The van der Waals surface area contributed by atoms with E-state index in [1.807, 2.05) is 31.2 Å². The molecular formula is C14H19ClN2O. The zero-order chi connectivity index (χ0) is 13.1. The quantitative estimate of drug-likeness (QED) is 0.859. The summed E-state index contributed by atoms with van der Waals surface area (Å²) < 4.78 is 0. The molecule has 1 saturated carbocycles. The van der Waals surface area contributed by atoms with Gasteiger partial charge in [0.1, 0.15) is 0 Å². The molecule has 0 aliphatic heterocycles. The van der Waals surface area contributed by atoms with E-state index >= 15 is 0 Å². The highest BCUT2D eigenvalue weighted by molar-refractivity contribution is 6.30. The normalized spacial score (nSPS) is 18.2. The van der Waals surface area contributed by atoms with Crippen LogP contribution in [0.3, 0.4) is 0 Å². The Labute approximate surface area is 113 Å². The fourth-order valence-electron chi connectivity index (χ4n) is 2.10. The Morgan fingerprint density at radius 3 is 2.83 bits per heavy atom. The Morgan fingerprint density at radius 1 is 1.56 bits per heavy atom. The third-order valence-electron chi connectivity index (χ3n) is 3.51. The molecule has 0 saturated heterocycles. The maximum absolute atomic E-state index is 12.1. The summed E-state index contributed by atoms with van der Waals surface area (Å²) in [6.45, 7) is 2.40. The van der Waals surface area contributed by atoms with Crippen molar-refractivity contribution in [2.75, 3.05) is 6.54 Å². The van der Waals surface area contributed by atoms with Crippen LogP contribution in [0.15, 0.2) is 24.3 Å². The average Bonchev–Trinajstić information content (AvgIpc) is 3.19. The molecule has 0 heterocycles. The second kappa shape index (κ2) is 5.72. The Bertz CT molecular complexity index is 432. The van der Waals surface area contributed by atoms with Crippen molar-refractivity contribution in [2.45, 2.75) is 31.7 Å². The van der Waals surface area contributed by atoms with Crippen molar-refractivity contribution in [1.82, 2.24) is 5.32 Å². The van der Waals surface area contributed by atoms with Gasteiger partial charge in [0.25, 0.3) is 0 Å². The van der Waals surface area contributed by atoms with Crippen molar-refractivity contribution in [2.24, 2.45) is 11.7 Å². The minimum atomic E-state index is -0.198. The number of hydrogen-bond acceptors (Lipinski definition) is 2. The molecule has 1 aliphatic rings. The molecule has 0 bridgehead atoms. The number of carbonyl (C=O) groups is 1. The minimum absolute atomic E-state index is 0.0274. The maximum Gasteiger partial charge on any atom is 0.227 e. The van der Waals surface area contributed by atoms with Crippen LogP contribution in [0.4, 0.5) is 0 Å². The molecule has 1 amide bonds. The lowest BCUT2D eigenvalue weighted by Crippen LogP contribution is -2.43. The molecule has 1 aromatic carbocycles. The lowest BCUT2D eigenvalue weighted by molar-refractivity contribution is -0.123. The number of nitrogens with one attached hydrogen (secondary N) is 1. The fraction of sp³-hybridized carbons (Fsp3) is 0.500. The molecule has 3 N–H and O–H groups in total. The highest BCUT2D eigenvalue weighted by Crippen LogP contribution is 2.32. The number of rotatable bonds is 5. The van der Waals surface area contributed by atoms with Gasteiger partial charge in [0, 0.05) is 17.6 Å².